The Balaban J connectivity index is 3.13. The zero-order valence-corrected chi connectivity index (χ0v) is 10.4. The maximum absolute atomic E-state index is 13.0. The Hall–Kier alpha value is -1.45. The molecule has 6 heteroatoms. The summed E-state index contributed by atoms with van der Waals surface area (Å²) >= 11 is 0. The number of hydrogen-bond acceptors (Lipinski definition) is 3. The molecule has 0 spiro atoms. The molecule has 0 saturated heterocycles. The van der Waals surface area contributed by atoms with Gasteiger partial charge in [-0.15, -0.1) is 0 Å². The van der Waals surface area contributed by atoms with Gasteiger partial charge in [0.25, 0.3) is 0 Å². The van der Waals surface area contributed by atoms with Crippen LogP contribution in [0.2, 0.25) is 0 Å². The van der Waals surface area contributed by atoms with E-state index in [0.717, 1.165) is 18.2 Å². The number of sulfonamides is 1. The topological polar surface area (TPSA) is 70.0 Å². The third kappa shape index (κ3) is 3.25. The van der Waals surface area contributed by atoms with E-state index in [-0.39, 0.29) is 16.5 Å². The summed E-state index contributed by atoms with van der Waals surface area (Å²) in [6.45, 7) is 3.57. The number of nitrogens with one attached hydrogen (secondary N) is 1. The van der Waals surface area contributed by atoms with Crippen molar-refractivity contribution in [2.75, 3.05) is 0 Å². The van der Waals surface area contributed by atoms with Crippen LogP contribution in [0.3, 0.4) is 0 Å². The smallest absolute Gasteiger partial charge is 0.208 e. The maximum Gasteiger partial charge on any atom is 0.240 e. The molecule has 0 amide bonds. The largest absolute Gasteiger partial charge is 0.240 e. The van der Waals surface area contributed by atoms with Gasteiger partial charge in [0.2, 0.25) is 10.0 Å². The summed E-state index contributed by atoms with van der Waals surface area (Å²) in [6, 6.07) is 4.54. The first-order valence-electron chi connectivity index (χ1n) is 5.12. The first kappa shape index (κ1) is 13.6. The molecule has 1 atom stereocenters. The van der Waals surface area contributed by atoms with Crippen LogP contribution in [0, 0.1) is 17.1 Å². The van der Waals surface area contributed by atoms with Gasteiger partial charge in [0, 0.05) is 6.04 Å². The van der Waals surface area contributed by atoms with Gasteiger partial charge in [-0.2, -0.15) is 5.26 Å². The van der Waals surface area contributed by atoms with Crippen LogP contribution in [0.5, 0.6) is 0 Å². The second kappa shape index (κ2) is 5.25. The summed E-state index contributed by atoms with van der Waals surface area (Å²) < 4.78 is 39.2. The Morgan fingerprint density at radius 1 is 1.53 bits per heavy atom. The quantitative estimate of drug-likeness (QED) is 0.892. The summed E-state index contributed by atoms with van der Waals surface area (Å²) in [5.74, 6) is -0.727. The molecular weight excluding hydrogens is 243 g/mol. The van der Waals surface area contributed by atoms with Crippen molar-refractivity contribution in [2.24, 2.45) is 0 Å². The molecule has 0 saturated carbocycles. The molecule has 1 unspecified atom stereocenters. The molecule has 1 N–H and O–H groups in total. The van der Waals surface area contributed by atoms with Crippen LogP contribution in [0.1, 0.15) is 25.8 Å². The van der Waals surface area contributed by atoms with Crippen molar-refractivity contribution in [1.29, 1.82) is 5.26 Å². The molecule has 4 nitrogen and oxygen atoms in total. The van der Waals surface area contributed by atoms with E-state index in [1.165, 1.54) is 0 Å². The molecule has 0 fully saturated rings. The fourth-order valence-corrected chi connectivity index (χ4v) is 2.53. The van der Waals surface area contributed by atoms with Crippen LogP contribution >= 0.6 is 0 Å². The van der Waals surface area contributed by atoms with Gasteiger partial charge < -0.3 is 0 Å². The van der Waals surface area contributed by atoms with Crippen LogP contribution < -0.4 is 4.72 Å². The van der Waals surface area contributed by atoms with Crippen molar-refractivity contribution < 1.29 is 12.8 Å². The highest BCUT2D eigenvalue weighted by Gasteiger charge is 2.18. The fourth-order valence-electron chi connectivity index (χ4n) is 1.17. The van der Waals surface area contributed by atoms with Crippen molar-refractivity contribution in [3.05, 3.63) is 29.6 Å². The number of halogens is 1. The summed E-state index contributed by atoms with van der Waals surface area (Å²) in [7, 11) is -3.69. The average molecular weight is 256 g/mol. The van der Waals surface area contributed by atoms with Crippen molar-refractivity contribution in [2.45, 2.75) is 31.2 Å². The van der Waals surface area contributed by atoms with Crippen LogP contribution in [0.15, 0.2) is 23.1 Å². The van der Waals surface area contributed by atoms with E-state index in [1.54, 1.807) is 13.0 Å². The minimum atomic E-state index is -3.69. The molecule has 0 aliphatic heterocycles. The molecule has 0 heterocycles. The van der Waals surface area contributed by atoms with Crippen LogP contribution in [-0.2, 0) is 10.0 Å². The van der Waals surface area contributed by atoms with Gasteiger partial charge in [-0.3, -0.25) is 0 Å². The average Bonchev–Trinajstić information content (AvgIpc) is 2.28. The minimum Gasteiger partial charge on any atom is -0.208 e. The van der Waals surface area contributed by atoms with Crippen LogP contribution in [0.4, 0.5) is 4.39 Å². The summed E-state index contributed by atoms with van der Waals surface area (Å²) in [6.07, 6.45) is 0.644. The van der Waals surface area contributed by atoms with Crippen molar-refractivity contribution in [1.82, 2.24) is 4.72 Å². The first-order valence-corrected chi connectivity index (χ1v) is 6.61. The van der Waals surface area contributed by atoms with E-state index < -0.39 is 15.8 Å². The van der Waals surface area contributed by atoms with Gasteiger partial charge in [-0.1, -0.05) is 6.92 Å². The molecule has 0 bridgehead atoms. The monoisotopic (exact) mass is 256 g/mol. The lowest BCUT2D eigenvalue weighted by molar-refractivity contribution is 0.555. The number of nitriles is 1. The Labute approximate surface area is 100 Å². The molecule has 0 aliphatic carbocycles. The molecule has 0 aromatic heterocycles. The van der Waals surface area contributed by atoms with Crippen molar-refractivity contribution >= 4 is 10.0 Å². The normalized spacial score (nSPS) is 13.1. The third-order valence-corrected chi connectivity index (χ3v) is 3.92. The zero-order valence-electron chi connectivity index (χ0n) is 9.57. The SMILES string of the molecule is CCC(C)NS(=O)(=O)c1ccc(F)c(C#N)c1. The Morgan fingerprint density at radius 2 is 2.18 bits per heavy atom. The Kier molecular flexibility index (Phi) is 4.21. The Morgan fingerprint density at radius 3 is 2.71 bits per heavy atom. The van der Waals surface area contributed by atoms with Crippen LogP contribution in [-0.4, -0.2) is 14.5 Å². The van der Waals surface area contributed by atoms with Gasteiger partial charge in [-0.25, -0.2) is 17.5 Å². The van der Waals surface area contributed by atoms with Gasteiger partial charge in [-0.05, 0) is 31.5 Å². The van der Waals surface area contributed by atoms with E-state index in [0.29, 0.717) is 6.42 Å². The fraction of sp³-hybridized carbons (Fsp3) is 0.364. The van der Waals surface area contributed by atoms with Gasteiger partial charge in [0.15, 0.2) is 0 Å². The molecular formula is C11H13FN2O2S. The minimum absolute atomic E-state index is 0.101. The standard InChI is InChI=1S/C11H13FN2O2S/c1-3-8(2)14-17(15,16)10-4-5-11(12)9(6-10)7-13/h4-6,8,14H,3H2,1-2H3. The molecule has 92 valence electrons. The summed E-state index contributed by atoms with van der Waals surface area (Å²) in [5.41, 5.74) is -0.281. The van der Waals surface area contributed by atoms with Gasteiger partial charge >= 0.3 is 0 Å². The summed E-state index contributed by atoms with van der Waals surface area (Å²) in [4.78, 5) is -0.101. The lowest BCUT2D eigenvalue weighted by atomic mass is 10.2. The highest BCUT2D eigenvalue weighted by atomic mass is 32.2. The second-order valence-electron chi connectivity index (χ2n) is 3.68. The predicted octanol–water partition coefficient (Wildman–Crippen LogP) is 1.77. The third-order valence-electron chi connectivity index (χ3n) is 2.34. The lowest BCUT2D eigenvalue weighted by Crippen LogP contribution is -2.32. The van der Waals surface area contributed by atoms with E-state index in [4.69, 9.17) is 5.26 Å². The lowest BCUT2D eigenvalue weighted by Gasteiger charge is -2.12. The number of nitrogens with zero attached hydrogens (tertiary/aromatic N) is 1. The van der Waals surface area contributed by atoms with E-state index in [1.807, 2.05) is 6.92 Å². The molecule has 1 rings (SSSR count). The number of rotatable bonds is 4. The molecule has 1 aromatic carbocycles. The van der Waals surface area contributed by atoms with Crippen molar-refractivity contribution in [3.8, 4) is 6.07 Å². The van der Waals surface area contributed by atoms with Gasteiger partial charge in [0.05, 0.1) is 10.5 Å². The number of hydrogen-bond donors (Lipinski definition) is 1. The predicted molar refractivity (Wildman–Crippen MR) is 61.2 cm³/mol. The van der Waals surface area contributed by atoms with E-state index >= 15 is 0 Å². The van der Waals surface area contributed by atoms with Crippen LogP contribution in [0.25, 0.3) is 0 Å². The molecule has 17 heavy (non-hydrogen) atoms. The van der Waals surface area contributed by atoms with Crippen molar-refractivity contribution in [3.63, 3.8) is 0 Å². The zero-order chi connectivity index (χ0) is 13.1. The second-order valence-corrected chi connectivity index (χ2v) is 5.40. The molecule has 0 aliphatic rings. The molecule has 1 aromatic rings. The first-order chi connectivity index (χ1) is 7.90. The van der Waals surface area contributed by atoms with E-state index in [9.17, 15) is 12.8 Å². The maximum atomic E-state index is 13.0. The molecule has 0 radical (unpaired) electrons. The Bertz CT molecular complexity index is 549. The van der Waals surface area contributed by atoms with E-state index in [2.05, 4.69) is 4.72 Å². The summed E-state index contributed by atoms with van der Waals surface area (Å²) in [5, 5.41) is 8.63. The van der Waals surface area contributed by atoms with Gasteiger partial charge in [0.1, 0.15) is 11.9 Å². The number of benzene rings is 1. The highest BCUT2D eigenvalue weighted by Crippen LogP contribution is 2.14. The highest BCUT2D eigenvalue weighted by molar-refractivity contribution is 7.89.